The van der Waals surface area contributed by atoms with Crippen molar-refractivity contribution in [1.82, 2.24) is 9.97 Å². The van der Waals surface area contributed by atoms with Crippen molar-refractivity contribution in [3.63, 3.8) is 0 Å². The number of halogens is 6. The number of nitrogens with one attached hydrogen (secondary N) is 2. The largest absolute Gasteiger partial charge is 0.474 e. The predicted molar refractivity (Wildman–Crippen MR) is 149 cm³/mol. The van der Waals surface area contributed by atoms with Gasteiger partial charge in [0.1, 0.15) is 18.2 Å². The van der Waals surface area contributed by atoms with E-state index in [9.17, 15) is 26.3 Å². The third-order valence-corrected chi connectivity index (χ3v) is 7.81. The van der Waals surface area contributed by atoms with Crippen LogP contribution in [0.15, 0.2) is 54.9 Å². The van der Waals surface area contributed by atoms with Crippen molar-refractivity contribution in [2.75, 3.05) is 28.6 Å². The highest BCUT2D eigenvalue weighted by Crippen LogP contribution is 2.35. The average Bonchev–Trinajstić information content (AvgIpc) is 2.98. The molecule has 1 aliphatic heterocycles. The first kappa shape index (κ1) is 30.3. The van der Waals surface area contributed by atoms with Crippen molar-refractivity contribution >= 4 is 17.2 Å². The van der Waals surface area contributed by atoms with Crippen LogP contribution in [-0.2, 0) is 12.4 Å². The number of rotatable bonds is 7. The Bertz CT molecular complexity index is 1420. The molecule has 228 valence electrons. The van der Waals surface area contributed by atoms with Crippen LogP contribution < -0.4 is 20.3 Å². The molecule has 3 aromatic rings. The predicted octanol–water partition coefficient (Wildman–Crippen LogP) is 7.27. The minimum Gasteiger partial charge on any atom is -0.474 e. The molecule has 1 aliphatic carbocycles. The minimum absolute atomic E-state index is 0.0210. The fraction of sp³-hybridized carbons (Fsp3) is 0.433. The molecule has 1 saturated heterocycles. The van der Waals surface area contributed by atoms with Crippen LogP contribution in [0.3, 0.4) is 0 Å². The van der Waals surface area contributed by atoms with Gasteiger partial charge in [-0.3, -0.25) is 0 Å². The molecule has 2 aromatic carbocycles. The van der Waals surface area contributed by atoms with Crippen LogP contribution in [0.1, 0.15) is 55.2 Å². The number of ether oxygens (including phenoxy) is 1. The summed E-state index contributed by atoms with van der Waals surface area (Å²) >= 11 is 0. The number of anilines is 3. The number of nitriles is 1. The van der Waals surface area contributed by atoms with Gasteiger partial charge in [-0.2, -0.15) is 31.6 Å². The van der Waals surface area contributed by atoms with E-state index in [1.807, 2.05) is 0 Å². The van der Waals surface area contributed by atoms with Gasteiger partial charge in [-0.05, 0) is 81.0 Å². The lowest BCUT2D eigenvalue weighted by atomic mass is 9.92. The van der Waals surface area contributed by atoms with Crippen LogP contribution in [0.4, 0.5) is 43.5 Å². The molecule has 1 aromatic heterocycles. The first-order valence-corrected chi connectivity index (χ1v) is 14.0. The zero-order valence-electron chi connectivity index (χ0n) is 23.0. The lowest BCUT2D eigenvalue weighted by Crippen LogP contribution is -2.39. The second-order valence-corrected chi connectivity index (χ2v) is 10.8. The molecule has 2 aliphatic rings. The van der Waals surface area contributed by atoms with Crippen LogP contribution in [0, 0.1) is 11.3 Å². The quantitative estimate of drug-likeness (QED) is 0.275. The van der Waals surface area contributed by atoms with E-state index >= 15 is 0 Å². The molecule has 0 radical (unpaired) electrons. The van der Waals surface area contributed by atoms with Crippen molar-refractivity contribution in [2.45, 2.75) is 69.1 Å². The highest BCUT2D eigenvalue weighted by molar-refractivity contribution is 5.53. The summed E-state index contributed by atoms with van der Waals surface area (Å²) in [6.07, 6.45) is -3.26. The van der Waals surface area contributed by atoms with E-state index in [2.05, 4.69) is 25.5 Å². The Morgan fingerprint density at radius 1 is 0.767 bits per heavy atom. The fourth-order valence-corrected chi connectivity index (χ4v) is 5.51. The van der Waals surface area contributed by atoms with Gasteiger partial charge in [0.25, 0.3) is 0 Å². The Morgan fingerprint density at radius 3 is 2.02 bits per heavy atom. The normalized spacial score (nSPS) is 19.9. The highest BCUT2D eigenvalue weighted by Gasteiger charge is 2.34. The summed E-state index contributed by atoms with van der Waals surface area (Å²) in [5, 5.41) is 15.5. The molecule has 7 nitrogen and oxygen atoms in total. The standard InChI is InChI=1S/C30H30F6N6O/c31-29(32,33)20-2-5-21(6-3-20)40-23-11-13-42(14-12-23)27-16-28(39-18-38-27)43-25-9-7-22(8-10-25)41-24-4-1-19(17-37)26(15-24)30(34,35)36/h1-6,15-16,18,22-23,25,40-41H,7-14H2. The van der Waals surface area contributed by atoms with E-state index in [4.69, 9.17) is 10.00 Å². The highest BCUT2D eigenvalue weighted by atomic mass is 19.4. The molecule has 0 atom stereocenters. The Balaban J connectivity index is 1.09. The van der Waals surface area contributed by atoms with Crippen molar-refractivity contribution in [1.29, 1.82) is 5.26 Å². The second-order valence-electron chi connectivity index (χ2n) is 10.8. The molecule has 0 bridgehead atoms. The van der Waals surface area contributed by atoms with Gasteiger partial charge >= 0.3 is 12.4 Å². The minimum atomic E-state index is -4.60. The zero-order valence-corrected chi connectivity index (χ0v) is 23.0. The van der Waals surface area contributed by atoms with Crippen LogP contribution in [0.2, 0.25) is 0 Å². The maximum atomic E-state index is 13.3. The lowest BCUT2D eigenvalue weighted by Gasteiger charge is -2.34. The molecule has 1 saturated carbocycles. The van der Waals surface area contributed by atoms with Crippen molar-refractivity contribution in [3.8, 4) is 11.9 Å². The first-order chi connectivity index (χ1) is 20.5. The van der Waals surface area contributed by atoms with Crippen LogP contribution in [0.5, 0.6) is 5.88 Å². The molecule has 13 heteroatoms. The van der Waals surface area contributed by atoms with E-state index in [1.54, 1.807) is 12.1 Å². The molecule has 0 unspecified atom stereocenters. The number of piperidine rings is 1. The topological polar surface area (TPSA) is 86.1 Å². The Hall–Kier alpha value is -4.21. The zero-order chi connectivity index (χ0) is 30.6. The molecule has 2 fully saturated rings. The number of aromatic nitrogens is 2. The summed E-state index contributed by atoms with van der Waals surface area (Å²) in [7, 11) is 0. The molecule has 0 amide bonds. The van der Waals surface area contributed by atoms with Gasteiger partial charge in [-0.25, -0.2) is 9.97 Å². The SMILES string of the molecule is N#Cc1ccc(NC2CCC(Oc3cc(N4CCC(Nc5ccc(C(F)(F)F)cc5)CC4)ncn3)CC2)cc1C(F)(F)F. The maximum absolute atomic E-state index is 13.3. The maximum Gasteiger partial charge on any atom is 0.417 e. The van der Waals surface area contributed by atoms with E-state index in [-0.39, 0.29) is 18.2 Å². The van der Waals surface area contributed by atoms with Gasteiger partial charge in [0, 0.05) is 42.6 Å². The van der Waals surface area contributed by atoms with Crippen LogP contribution in [0.25, 0.3) is 0 Å². The summed E-state index contributed by atoms with van der Waals surface area (Å²) in [6, 6.07) is 12.2. The van der Waals surface area contributed by atoms with Crippen molar-refractivity contribution in [3.05, 3.63) is 71.5 Å². The molecule has 5 rings (SSSR count). The van der Waals surface area contributed by atoms with Crippen molar-refractivity contribution in [2.24, 2.45) is 0 Å². The van der Waals surface area contributed by atoms with Gasteiger partial charge in [0.2, 0.25) is 5.88 Å². The molecular formula is C30H30F6N6O. The third kappa shape index (κ3) is 7.80. The van der Waals surface area contributed by atoms with Gasteiger partial charge in [-0.1, -0.05) is 0 Å². The summed E-state index contributed by atoms with van der Waals surface area (Å²) in [5.74, 6) is 1.18. The number of hydrogen-bond donors (Lipinski definition) is 2. The number of hydrogen-bond acceptors (Lipinski definition) is 7. The summed E-state index contributed by atoms with van der Waals surface area (Å²) in [6.45, 7) is 1.41. The summed E-state index contributed by atoms with van der Waals surface area (Å²) < 4.78 is 84.4. The first-order valence-electron chi connectivity index (χ1n) is 14.0. The van der Waals surface area contributed by atoms with Crippen LogP contribution in [-0.4, -0.2) is 41.2 Å². The second kappa shape index (κ2) is 12.6. The lowest BCUT2D eigenvalue weighted by molar-refractivity contribution is -0.138. The Kier molecular flexibility index (Phi) is 8.84. The third-order valence-electron chi connectivity index (χ3n) is 7.81. The van der Waals surface area contributed by atoms with Gasteiger partial charge in [-0.15, -0.1) is 0 Å². The monoisotopic (exact) mass is 604 g/mol. The smallest absolute Gasteiger partial charge is 0.417 e. The number of benzene rings is 2. The van der Waals surface area contributed by atoms with E-state index in [0.717, 1.165) is 36.9 Å². The summed E-state index contributed by atoms with van der Waals surface area (Å²) in [4.78, 5) is 10.8. The Labute approximate surface area is 244 Å². The summed E-state index contributed by atoms with van der Waals surface area (Å²) in [5.41, 5.74) is -1.05. The van der Waals surface area contributed by atoms with Gasteiger partial charge < -0.3 is 20.3 Å². The number of alkyl halides is 6. The van der Waals surface area contributed by atoms with E-state index < -0.39 is 29.0 Å². The molecule has 43 heavy (non-hydrogen) atoms. The fourth-order valence-electron chi connectivity index (χ4n) is 5.51. The molecule has 0 spiro atoms. The number of nitrogens with zero attached hydrogens (tertiary/aromatic N) is 4. The van der Waals surface area contributed by atoms with Gasteiger partial charge in [0.15, 0.2) is 0 Å². The molecular weight excluding hydrogens is 574 g/mol. The van der Waals surface area contributed by atoms with Crippen molar-refractivity contribution < 1.29 is 31.1 Å². The Morgan fingerprint density at radius 2 is 1.40 bits per heavy atom. The van der Waals surface area contributed by atoms with E-state index in [0.29, 0.717) is 56.0 Å². The molecule has 2 N–H and O–H groups in total. The van der Waals surface area contributed by atoms with E-state index in [1.165, 1.54) is 30.6 Å². The van der Waals surface area contributed by atoms with Gasteiger partial charge in [0.05, 0.1) is 22.8 Å². The van der Waals surface area contributed by atoms with Crippen LogP contribution >= 0.6 is 0 Å². The average molecular weight is 605 g/mol. The molecule has 2 heterocycles.